The number of rotatable bonds is 7. The van der Waals surface area contributed by atoms with E-state index in [1.54, 1.807) is 7.11 Å². The van der Waals surface area contributed by atoms with Crippen molar-refractivity contribution in [1.82, 2.24) is 5.48 Å². The van der Waals surface area contributed by atoms with Gasteiger partial charge in [0.25, 0.3) is 0 Å². The van der Waals surface area contributed by atoms with Crippen LogP contribution in [0.5, 0.6) is 0 Å². The van der Waals surface area contributed by atoms with E-state index in [9.17, 15) is 0 Å². The Morgan fingerprint density at radius 3 is 2.44 bits per heavy atom. The SMILES string of the molecule is CCC(NOCCOC)c1ccc(C)cc1. The lowest BCUT2D eigenvalue weighted by Crippen LogP contribution is -2.23. The average molecular weight is 223 g/mol. The molecule has 0 saturated carbocycles. The number of aryl methyl sites for hydroxylation is 1. The smallest absolute Gasteiger partial charge is 0.0916 e. The fourth-order valence-electron chi connectivity index (χ4n) is 1.47. The second-order valence-corrected chi connectivity index (χ2v) is 3.83. The van der Waals surface area contributed by atoms with Crippen LogP contribution in [-0.4, -0.2) is 20.3 Å². The first kappa shape index (κ1) is 13.2. The van der Waals surface area contributed by atoms with Gasteiger partial charge in [-0.25, -0.2) is 0 Å². The summed E-state index contributed by atoms with van der Waals surface area (Å²) in [7, 11) is 1.67. The van der Waals surface area contributed by atoms with Gasteiger partial charge in [0.1, 0.15) is 0 Å². The third-order valence-electron chi connectivity index (χ3n) is 2.50. The molecule has 0 amide bonds. The van der Waals surface area contributed by atoms with Gasteiger partial charge in [0.2, 0.25) is 0 Å². The predicted octanol–water partition coefficient (Wildman–Crippen LogP) is 2.61. The Kier molecular flexibility index (Phi) is 6.08. The van der Waals surface area contributed by atoms with Crippen molar-refractivity contribution in [3.05, 3.63) is 35.4 Å². The number of ether oxygens (including phenoxy) is 1. The molecule has 0 aliphatic rings. The molecule has 0 aliphatic heterocycles. The van der Waals surface area contributed by atoms with Gasteiger partial charge in [-0.2, -0.15) is 5.48 Å². The highest BCUT2D eigenvalue weighted by Gasteiger charge is 2.08. The van der Waals surface area contributed by atoms with Crippen LogP contribution in [0, 0.1) is 6.92 Å². The summed E-state index contributed by atoms with van der Waals surface area (Å²) in [6, 6.07) is 8.76. The van der Waals surface area contributed by atoms with Gasteiger partial charge in [0.15, 0.2) is 0 Å². The Hall–Kier alpha value is -0.900. The van der Waals surface area contributed by atoms with Gasteiger partial charge in [0.05, 0.1) is 19.3 Å². The van der Waals surface area contributed by atoms with Crippen LogP contribution in [0.4, 0.5) is 0 Å². The molecule has 1 N–H and O–H groups in total. The lowest BCUT2D eigenvalue weighted by Gasteiger charge is -2.17. The summed E-state index contributed by atoms with van der Waals surface area (Å²) in [4.78, 5) is 5.34. The molecule has 1 atom stereocenters. The molecule has 0 radical (unpaired) electrons. The van der Waals surface area contributed by atoms with Crippen LogP contribution in [0.2, 0.25) is 0 Å². The first-order chi connectivity index (χ1) is 7.77. The fourth-order valence-corrected chi connectivity index (χ4v) is 1.47. The minimum Gasteiger partial charge on any atom is -0.382 e. The number of hydroxylamine groups is 1. The van der Waals surface area contributed by atoms with Gasteiger partial charge < -0.3 is 4.74 Å². The topological polar surface area (TPSA) is 30.5 Å². The lowest BCUT2D eigenvalue weighted by molar-refractivity contribution is -0.0131. The summed E-state index contributed by atoms with van der Waals surface area (Å²) in [5.41, 5.74) is 5.59. The first-order valence-electron chi connectivity index (χ1n) is 5.70. The number of nitrogens with one attached hydrogen (secondary N) is 1. The number of hydrogen-bond donors (Lipinski definition) is 1. The van der Waals surface area contributed by atoms with Crippen LogP contribution < -0.4 is 5.48 Å². The van der Waals surface area contributed by atoms with E-state index in [1.807, 2.05) is 0 Å². The zero-order chi connectivity index (χ0) is 11.8. The lowest BCUT2D eigenvalue weighted by atomic mass is 10.0. The van der Waals surface area contributed by atoms with E-state index in [0.29, 0.717) is 13.2 Å². The van der Waals surface area contributed by atoms with E-state index in [-0.39, 0.29) is 6.04 Å². The molecule has 1 aromatic rings. The maximum atomic E-state index is 5.34. The molecule has 3 nitrogen and oxygen atoms in total. The van der Waals surface area contributed by atoms with Crippen LogP contribution in [-0.2, 0) is 9.57 Å². The Morgan fingerprint density at radius 2 is 1.88 bits per heavy atom. The molecule has 0 saturated heterocycles. The molecule has 0 aliphatic carbocycles. The highest BCUT2D eigenvalue weighted by atomic mass is 16.7. The Bertz CT molecular complexity index is 284. The van der Waals surface area contributed by atoms with Crippen molar-refractivity contribution in [3.8, 4) is 0 Å². The number of methoxy groups -OCH3 is 1. The second kappa shape index (κ2) is 7.39. The maximum absolute atomic E-state index is 5.34. The van der Waals surface area contributed by atoms with Crippen LogP contribution in [0.3, 0.4) is 0 Å². The summed E-state index contributed by atoms with van der Waals surface area (Å²) >= 11 is 0. The van der Waals surface area contributed by atoms with Crippen molar-refractivity contribution in [2.24, 2.45) is 0 Å². The van der Waals surface area contributed by atoms with Crippen LogP contribution in [0.1, 0.15) is 30.5 Å². The fraction of sp³-hybridized carbons (Fsp3) is 0.538. The minimum absolute atomic E-state index is 0.248. The van der Waals surface area contributed by atoms with Crippen molar-refractivity contribution in [2.45, 2.75) is 26.3 Å². The zero-order valence-electron chi connectivity index (χ0n) is 10.3. The molecule has 90 valence electrons. The Morgan fingerprint density at radius 1 is 1.19 bits per heavy atom. The molecule has 0 spiro atoms. The largest absolute Gasteiger partial charge is 0.382 e. The minimum atomic E-state index is 0.248. The quantitative estimate of drug-likeness (QED) is 0.569. The summed E-state index contributed by atoms with van der Waals surface area (Å²) in [6.07, 6.45) is 0.996. The van der Waals surface area contributed by atoms with Crippen molar-refractivity contribution < 1.29 is 9.57 Å². The average Bonchev–Trinajstić information content (AvgIpc) is 2.31. The summed E-state index contributed by atoms with van der Waals surface area (Å²) in [5, 5.41) is 0. The van der Waals surface area contributed by atoms with E-state index < -0.39 is 0 Å². The Labute approximate surface area is 97.7 Å². The molecule has 1 rings (SSSR count). The highest BCUT2D eigenvalue weighted by molar-refractivity contribution is 5.23. The van der Waals surface area contributed by atoms with Crippen molar-refractivity contribution >= 4 is 0 Å². The molecule has 0 heterocycles. The first-order valence-corrected chi connectivity index (χ1v) is 5.70. The summed E-state index contributed by atoms with van der Waals surface area (Å²) in [5.74, 6) is 0. The molecule has 1 aromatic carbocycles. The van der Waals surface area contributed by atoms with E-state index in [1.165, 1.54) is 11.1 Å². The molecule has 0 aromatic heterocycles. The number of hydrogen-bond acceptors (Lipinski definition) is 3. The molecule has 1 unspecified atom stereocenters. The predicted molar refractivity (Wildman–Crippen MR) is 65.2 cm³/mol. The molecular weight excluding hydrogens is 202 g/mol. The van der Waals surface area contributed by atoms with Gasteiger partial charge in [-0.3, -0.25) is 4.84 Å². The van der Waals surface area contributed by atoms with Gasteiger partial charge in [-0.15, -0.1) is 0 Å². The monoisotopic (exact) mass is 223 g/mol. The van der Waals surface area contributed by atoms with Gasteiger partial charge >= 0.3 is 0 Å². The zero-order valence-corrected chi connectivity index (χ0v) is 10.3. The molecule has 16 heavy (non-hydrogen) atoms. The third kappa shape index (κ3) is 4.31. The van der Waals surface area contributed by atoms with Crippen LogP contribution >= 0.6 is 0 Å². The van der Waals surface area contributed by atoms with Crippen molar-refractivity contribution in [1.29, 1.82) is 0 Å². The Balaban J connectivity index is 2.44. The van der Waals surface area contributed by atoms with E-state index in [2.05, 4.69) is 43.6 Å². The maximum Gasteiger partial charge on any atom is 0.0916 e. The van der Waals surface area contributed by atoms with Crippen LogP contribution in [0.15, 0.2) is 24.3 Å². The van der Waals surface area contributed by atoms with Gasteiger partial charge in [-0.1, -0.05) is 36.8 Å². The standard InChI is InChI=1S/C13H21NO2/c1-4-13(14-16-10-9-15-3)12-7-5-11(2)6-8-12/h5-8,13-14H,4,9-10H2,1-3H3. The van der Waals surface area contributed by atoms with Crippen LogP contribution in [0.25, 0.3) is 0 Å². The van der Waals surface area contributed by atoms with E-state index in [0.717, 1.165) is 6.42 Å². The second-order valence-electron chi connectivity index (χ2n) is 3.83. The molecule has 3 heteroatoms. The molecular formula is C13H21NO2. The van der Waals surface area contributed by atoms with E-state index >= 15 is 0 Å². The number of benzene rings is 1. The van der Waals surface area contributed by atoms with Gasteiger partial charge in [-0.05, 0) is 18.9 Å². The molecule has 0 fully saturated rings. The summed E-state index contributed by atoms with van der Waals surface area (Å²) in [6.45, 7) is 5.40. The van der Waals surface area contributed by atoms with E-state index in [4.69, 9.17) is 9.57 Å². The van der Waals surface area contributed by atoms with Crippen molar-refractivity contribution in [3.63, 3.8) is 0 Å². The molecule has 0 bridgehead atoms. The normalized spacial score (nSPS) is 12.7. The van der Waals surface area contributed by atoms with Crippen molar-refractivity contribution in [2.75, 3.05) is 20.3 Å². The highest BCUT2D eigenvalue weighted by Crippen LogP contribution is 2.16. The van der Waals surface area contributed by atoms with Gasteiger partial charge in [0, 0.05) is 7.11 Å². The summed E-state index contributed by atoms with van der Waals surface area (Å²) < 4.78 is 4.91. The third-order valence-corrected chi connectivity index (χ3v) is 2.50.